The van der Waals surface area contributed by atoms with Gasteiger partial charge in [-0.15, -0.1) is 0 Å². The van der Waals surface area contributed by atoms with Crippen molar-refractivity contribution in [1.29, 1.82) is 0 Å². The highest BCUT2D eigenvalue weighted by Crippen LogP contribution is 2.16. The van der Waals surface area contributed by atoms with Gasteiger partial charge in [-0.3, -0.25) is 9.52 Å². The average Bonchev–Trinajstić information content (AvgIpc) is 2.50. The fraction of sp³-hybridized carbons (Fsp3) is 0.588. The summed E-state index contributed by atoms with van der Waals surface area (Å²) in [7, 11) is 0. The summed E-state index contributed by atoms with van der Waals surface area (Å²) in [6.07, 6.45) is 0.669. The number of nitrogens with one attached hydrogen (secondary N) is 2. The molecule has 0 heterocycles. The molecule has 128 valence electrons. The van der Waals surface area contributed by atoms with Crippen LogP contribution in [0.25, 0.3) is 0 Å². The van der Waals surface area contributed by atoms with E-state index in [1.54, 1.807) is 11.9 Å². The Kier molecular flexibility index (Phi) is 19.0. The second-order valence-corrected chi connectivity index (χ2v) is 5.68. The summed E-state index contributed by atoms with van der Waals surface area (Å²) in [6, 6.07) is 7.62. The van der Waals surface area contributed by atoms with Gasteiger partial charge in [-0.1, -0.05) is 34.6 Å². The van der Waals surface area contributed by atoms with E-state index in [4.69, 9.17) is 4.74 Å². The number of hydrogen-bond acceptors (Lipinski definition) is 4. The third-order valence-electron chi connectivity index (χ3n) is 1.82. The molecule has 0 atom stereocenters. The molecule has 4 nitrogen and oxygen atoms in total. The Morgan fingerprint density at radius 2 is 1.73 bits per heavy atom. The Morgan fingerprint density at radius 1 is 1.18 bits per heavy atom. The number of anilines is 1. The fourth-order valence-corrected chi connectivity index (χ4v) is 1.70. The molecule has 0 saturated heterocycles. The van der Waals surface area contributed by atoms with Gasteiger partial charge in [0.25, 0.3) is 0 Å². The minimum Gasteiger partial charge on any atom is -0.380 e. The Bertz CT molecular complexity index is 340. The van der Waals surface area contributed by atoms with E-state index in [2.05, 4.69) is 30.8 Å². The first-order valence-electron chi connectivity index (χ1n) is 7.87. The molecule has 0 aliphatic rings. The molecule has 0 bridgehead atoms. The molecule has 1 amide bonds. The van der Waals surface area contributed by atoms with E-state index >= 15 is 0 Å². The number of benzene rings is 1. The van der Waals surface area contributed by atoms with Crippen LogP contribution in [-0.4, -0.2) is 26.2 Å². The predicted molar refractivity (Wildman–Crippen MR) is 98.3 cm³/mol. The summed E-state index contributed by atoms with van der Waals surface area (Å²) >= 11 is 1.55. The first kappa shape index (κ1) is 23.2. The van der Waals surface area contributed by atoms with Crippen LogP contribution in [-0.2, 0) is 9.53 Å². The molecule has 0 fully saturated rings. The smallest absolute Gasteiger partial charge is 0.211 e. The second-order valence-electron chi connectivity index (χ2n) is 4.71. The second kappa shape index (κ2) is 18.0. The van der Waals surface area contributed by atoms with Crippen molar-refractivity contribution in [2.45, 2.75) is 46.4 Å². The van der Waals surface area contributed by atoms with E-state index in [-0.39, 0.29) is 0 Å². The van der Waals surface area contributed by atoms with Crippen molar-refractivity contribution in [1.82, 2.24) is 4.72 Å². The zero-order valence-corrected chi connectivity index (χ0v) is 15.6. The van der Waals surface area contributed by atoms with Crippen molar-refractivity contribution < 1.29 is 9.53 Å². The van der Waals surface area contributed by atoms with Gasteiger partial charge in [0.05, 0.1) is 6.61 Å². The highest BCUT2D eigenvalue weighted by molar-refractivity contribution is 7.97. The predicted octanol–water partition coefficient (Wildman–Crippen LogP) is 4.58. The Labute approximate surface area is 140 Å². The van der Waals surface area contributed by atoms with E-state index in [9.17, 15) is 4.79 Å². The lowest BCUT2D eigenvalue weighted by Crippen LogP contribution is -2.12. The molecule has 0 spiro atoms. The minimum atomic E-state index is 0.669. The molecule has 1 rings (SSSR count). The fourth-order valence-electron chi connectivity index (χ4n) is 1.08. The molecule has 22 heavy (non-hydrogen) atoms. The molecule has 2 N–H and O–H groups in total. The van der Waals surface area contributed by atoms with Gasteiger partial charge in [0, 0.05) is 23.7 Å². The molecule has 0 radical (unpaired) electrons. The summed E-state index contributed by atoms with van der Waals surface area (Å²) in [4.78, 5) is 11.3. The maximum atomic E-state index is 10.2. The van der Waals surface area contributed by atoms with Gasteiger partial charge >= 0.3 is 0 Å². The molecule has 1 aromatic rings. The molecule has 0 saturated carbocycles. The van der Waals surface area contributed by atoms with Gasteiger partial charge in [-0.25, -0.2) is 0 Å². The first-order valence-corrected chi connectivity index (χ1v) is 8.69. The molecule has 0 aliphatic carbocycles. The topological polar surface area (TPSA) is 50.4 Å². The molecule has 0 aromatic heterocycles. The van der Waals surface area contributed by atoms with Crippen LogP contribution in [0.1, 0.15) is 41.5 Å². The third kappa shape index (κ3) is 17.0. The van der Waals surface area contributed by atoms with Gasteiger partial charge < -0.3 is 10.1 Å². The lowest BCUT2D eigenvalue weighted by molar-refractivity contribution is -0.105. The van der Waals surface area contributed by atoms with E-state index in [1.165, 1.54) is 0 Å². The first-order chi connectivity index (χ1) is 10.6. The van der Waals surface area contributed by atoms with Crippen molar-refractivity contribution >= 4 is 24.0 Å². The summed E-state index contributed by atoms with van der Waals surface area (Å²) in [5.74, 6) is 0.833. The number of amides is 1. The molecular weight excluding hydrogens is 296 g/mol. The molecular formula is C17H32N2O2S. The quantitative estimate of drug-likeness (QED) is 0.417. The lowest BCUT2D eigenvalue weighted by atomic mass is 10.3. The highest BCUT2D eigenvalue weighted by Gasteiger charge is 1.94. The summed E-state index contributed by atoms with van der Waals surface area (Å²) < 4.78 is 8.39. The number of carbonyl (C=O) groups excluding carboxylic acids is 1. The molecule has 1 aromatic carbocycles. The largest absolute Gasteiger partial charge is 0.380 e. The zero-order chi connectivity index (χ0) is 17.2. The number of hydrogen-bond donors (Lipinski definition) is 2. The van der Waals surface area contributed by atoms with Crippen molar-refractivity contribution in [2.24, 2.45) is 5.92 Å². The van der Waals surface area contributed by atoms with Crippen LogP contribution in [0.15, 0.2) is 29.2 Å². The van der Waals surface area contributed by atoms with Gasteiger partial charge in [-0.2, -0.15) is 0 Å². The van der Waals surface area contributed by atoms with Crippen molar-refractivity contribution in [3.05, 3.63) is 24.3 Å². The molecule has 5 heteroatoms. The van der Waals surface area contributed by atoms with Crippen molar-refractivity contribution in [3.8, 4) is 0 Å². The molecule has 0 unspecified atom stereocenters. The number of carbonyl (C=O) groups is 1. The van der Waals surface area contributed by atoms with E-state index in [1.807, 2.05) is 45.0 Å². The average molecular weight is 329 g/mol. The van der Waals surface area contributed by atoms with E-state index in [0.717, 1.165) is 29.7 Å². The number of rotatable bonds is 8. The third-order valence-corrected chi connectivity index (χ3v) is 2.68. The maximum Gasteiger partial charge on any atom is 0.211 e. The van der Waals surface area contributed by atoms with Crippen molar-refractivity contribution in [3.63, 3.8) is 0 Å². The molecule has 0 aliphatic heterocycles. The Hall–Kier alpha value is -1.04. The zero-order valence-electron chi connectivity index (χ0n) is 14.8. The van der Waals surface area contributed by atoms with E-state index < -0.39 is 0 Å². The van der Waals surface area contributed by atoms with Gasteiger partial charge in [0.15, 0.2) is 0 Å². The van der Waals surface area contributed by atoms with Crippen LogP contribution in [0.5, 0.6) is 0 Å². The Morgan fingerprint density at radius 3 is 2.18 bits per heavy atom. The van der Waals surface area contributed by atoms with Gasteiger partial charge in [-0.05, 0) is 49.1 Å². The maximum absolute atomic E-state index is 10.2. The normalized spacial score (nSPS) is 9.23. The monoisotopic (exact) mass is 328 g/mol. The van der Waals surface area contributed by atoms with Crippen LogP contribution in [0.2, 0.25) is 0 Å². The Balaban J connectivity index is 0. The number of ether oxygens (including phenoxy) is 1. The van der Waals surface area contributed by atoms with Crippen LogP contribution < -0.4 is 10.0 Å². The summed E-state index contributed by atoms with van der Waals surface area (Å²) in [5, 5.41) is 2.59. The van der Waals surface area contributed by atoms with Crippen LogP contribution >= 0.6 is 11.9 Å². The van der Waals surface area contributed by atoms with Crippen LogP contribution in [0.3, 0.4) is 0 Å². The lowest BCUT2D eigenvalue weighted by Gasteiger charge is -2.05. The van der Waals surface area contributed by atoms with Gasteiger partial charge in [0.1, 0.15) is 0 Å². The SMILES string of the molecule is CC.CC(C)C.CCOCCNSc1ccc(NC=O)cc1. The highest BCUT2D eigenvalue weighted by atomic mass is 32.2. The van der Waals surface area contributed by atoms with Gasteiger partial charge in [0.2, 0.25) is 6.41 Å². The summed E-state index contributed by atoms with van der Waals surface area (Å²) in [6.45, 7) is 14.8. The van der Waals surface area contributed by atoms with Crippen LogP contribution in [0.4, 0.5) is 5.69 Å². The standard InChI is InChI=1S/C11H16N2O2S.C4H10.C2H6/c1-2-15-8-7-13-16-11-5-3-10(4-6-11)12-9-14;1-4(2)3;1-2/h3-6,9,13H,2,7-8H2,1H3,(H,12,14);4H,1-3H3;1-2H3. The van der Waals surface area contributed by atoms with Crippen LogP contribution in [0, 0.1) is 5.92 Å². The van der Waals surface area contributed by atoms with E-state index in [0.29, 0.717) is 13.0 Å². The minimum absolute atomic E-state index is 0.669. The summed E-state index contributed by atoms with van der Waals surface area (Å²) in [5.41, 5.74) is 0.800. The van der Waals surface area contributed by atoms with Crippen molar-refractivity contribution in [2.75, 3.05) is 25.1 Å².